The molecule has 4 N–H and O–H groups in total. The van der Waals surface area contributed by atoms with Gasteiger partial charge in [0.05, 0.1) is 12.6 Å². The van der Waals surface area contributed by atoms with Crippen LogP contribution in [0.1, 0.15) is 37.3 Å². The van der Waals surface area contributed by atoms with Gasteiger partial charge in [0.15, 0.2) is 0 Å². The van der Waals surface area contributed by atoms with Crippen LogP contribution in [0.15, 0.2) is 30.3 Å². The molecule has 17 heavy (non-hydrogen) atoms. The molecule has 94 valence electrons. The Morgan fingerprint density at radius 1 is 1.18 bits per heavy atom. The molecule has 3 heteroatoms. The van der Waals surface area contributed by atoms with E-state index in [1.807, 2.05) is 18.2 Å². The highest BCUT2D eigenvalue weighted by Crippen LogP contribution is 2.21. The zero-order chi connectivity index (χ0) is 12.1. The van der Waals surface area contributed by atoms with Crippen LogP contribution in [-0.4, -0.2) is 23.8 Å². The summed E-state index contributed by atoms with van der Waals surface area (Å²) in [6.07, 6.45) is 4.41. The Morgan fingerprint density at radius 3 is 2.41 bits per heavy atom. The average molecular weight is 234 g/mol. The summed E-state index contributed by atoms with van der Waals surface area (Å²) in [5, 5.41) is 13.0. The number of benzene rings is 1. The quantitative estimate of drug-likeness (QED) is 0.741. The smallest absolute Gasteiger partial charge is 0.0626 e. The number of nitrogens with one attached hydrogen (secondary N) is 1. The molecule has 1 atom stereocenters. The van der Waals surface area contributed by atoms with Crippen LogP contribution in [0.5, 0.6) is 0 Å². The standard InChI is InChI=1S/C14H22N2O/c15-12-6-8-13(9-7-12)16-14(10-17)11-4-2-1-3-5-11/h1-5,12-14,16-17H,6-10,15H2/t12?,13?,14-/m1/s1. The Bertz CT molecular complexity index is 320. The van der Waals surface area contributed by atoms with Crippen LogP contribution in [0.25, 0.3) is 0 Å². The van der Waals surface area contributed by atoms with E-state index in [0.717, 1.165) is 31.2 Å². The van der Waals surface area contributed by atoms with Crippen LogP contribution < -0.4 is 11.1 Å². The van der Waals surface area contributed by atoms with Crippen molar-refractivity contribution in [2.45, 2.75) is 43.8 Å². The molecule has 0 amide bonds. The van der Waals surface area contributed by atoms with E-state index >= 15 is 0 Å². The zero-order valence-electron chi connectivity index (χ0n) is 10.2. The first-order valence-electron chi connectivity index (χ1n) is 6.47. The maximum absolute atomic E-state index is 9.47. The van der Waals surface area contributed by atoms with Crippen molar-refractivity contribution in [1.82, 2.24) is 5.32 Å². The van der Waals surface area contributed by atoms with Crippen LogP contribution in [0, 0.1) is 0 Å². The van der Waals surface area contributed by atoms with E-state index in [4.69, 9.17) is 5.73 Å². The van der Waals surface area contributed by atoms with Crippen LogP contribution >= 0.6 is 0 Å². The zero-order valence-corrected chi connectivity index (χ0v) is 10.2. The number of aliphatic hydroxyl groups excluding tert-OH is 1. The molecule has 1 fully saturated rings. The first kappa shape index (κ1) is 12.6. The Kier molecular flexibility index (Phi) is 4.54. The second kappa shape index (κ2) is 6.15. The molecule has 0 bridgehead atoms. The first-order chi connectivity index (χ1) is 8.29. The van der Waals surface area contributed by atoms with Crippen molar-refractivity contribution >= 4 is 0 Å². The predicted octanol–water partition coefficient (Wildman–Crippen LogP) is 1.58. The van der Waals surface area contributed by atoms with Gasteiger partial charge in [-0.2, -0.15) is 0 Å². The van der Waals surface area contributed by atoms with Crippen molar-refractivity contribution in [3.8, 4) is 0 Å². The molecule has 0 saturated heterocycles. The van der Waals surface area contributed by atoms with Crippen LogP contribution in [0.4, 0.5) is 0 Å². The second-order valence-corrected chi connectivity index (χ2v) is 4.92. The van der Waals surface area contributed by atoms with Gasteiger partial charge >= 0.3 is 0 Å². The lowest BCUT2D eigenvalue weighted by molar-refractivity contribution is 0.217. The van der Waals surface area contributed by atoms with Gasteiger partial charge in [0.1, 0.15) is 0 Å². The Labute approximate surface area is 103 Å². The molecule has 0 aliphatic heterocycles. The van der Waals surface area contributed by atoms with Gasteiger partial charge in [-0.25, -0.2) is 0 Å². The van der Waals surface area contributed by atoms with Gasteiger partial charge in [-0.05, 0) is 31.2 Å². The molecule has 0 spiro atoms. The van der Waals surface area contributed by atoms with E-state index in [1.54, 1.807) is 0 Å². The highest BCUT2D eigenvalue weighted by molar-refractivity contribution is 5.19. The number of hydrogen-bond donors (Lipinski definition) is 3. The molecule has 0 unspecified atom stereocenters. The fraction of sp³-hybridized carbons (Fsp3) is 0.571. The average Bonchev–Trinajstić information content (AvgIpc) is 2.39. The summed E-state index contributed by atoms with van der Waals surface area (Å²) >= 11 is 0. The van der Waals surface area contributed by atoms with Gasteiger partial charge in [-0.15, -0.1) is 0 Å². The number of rotatable bonds is 4. The summed E-state index contributed by atoms with van der Waals surface area (Å²) in [6, 6.07) is 11.1. The molecule has 0 radical (unpaired) electrons. The van der Waals surface area contributed by atoms with E-state index in [-0.39, 0.29) is 12.6 Å². The third kappa shape index (κ3) is 3.53. The van der Waals surface area contributed by atoms with Crippen LogP contribution in [-0.2, 0) is 0 Å². The summed E-state index contributed by atoms with van der Waals surface area (Å²) < 4.78 is 0. The van der Waals surface area contributed by atoms with E-state index in [0.29, 0.717) is 12.1 Å². The minimum absolute atomic E-state index is 0.0514. The molecular formula is C14H22N2O. The van der Waals surface area contributed by atoms with Gasteiger partial charge in [-0.1, -0.05) is 30.3 Å². The number of nitrogens with two attached hydrogens (primary N) is 1. The summed E-state index contributed by atoms with van der Waals surface area (Å²) in [6.45, 7) is 0.145. The molecular weight excluding hydrogens is 212 g/mol. The molecule has 0 heterocycles. The van der Waals surface area contributed by atoms with Crippen LogP contribution in [0.3, 0.4) is 0 Å². The fourth-order valence-corrected chi connectivity index (χ4v) is 2.51. The normalized spacial score (nSPS) is 26.7. The first-order valence-corrected chi connectivity index (χ1v) is 6.47. The van der Waals surface area contributed by atoms with Crippen molar-refractivity contribution < 1.29 is 5.11 Å². The maximum atomic E-state index is 9.47. The van der Waals surface area contributed by atoms with Crippen LogP contribution in [0.2, 0.25) is 0 Å². The molecule has 0 aromatic heterocycles. The van der Waals surface area contributed by atoms with Gasteiger partial charge in [0.25, 0.3) is 0 Å². The summed E-state index contributed by atoms with van der Waals surface area (Å²) in [5.41, 5.74) is 7.05. The van der Waals surface area contributed by atoms with Crippen molar-refractivity contribution in [3.05, 3.63) is 35.9 Å². The largest absolute Gasteiger partial charge is 0.394 e. The van der Waals surface area contributed by atoms with Crippen molar-refractivity contribution in [3.63, 3.8) is 0 Å². The van der Waals surface area contributed by atoms with Gasteiger partial charge < -0.3 is 16.2 Å². The molecule has 1 aliphatic rings. The lowest BCUT2D eigenvalue weighted by atomic mass is 9.91. The maximum Gasteiger partial charge on any atom is 0.0626 e. The monoisotopic (exact) mass is 234 g/mol. The minimum Gasteiger partial charge on any atom is -0.394 e. The Balaban J connectivity index is 1.92. The molecule has 1 aromatic rings. The third-order valence-corrected chi connectivity index (χ3v) is 3.59. The summed E-state index contributed by atoms with van der Waals surface area (Å²) in [7, 11) is 0. The van der Waals surface area contributed by atoms with Gasteiger partial charge in [-0.3, -0.25) is 0 Å². The summed E-state index contributed by atoms with van der Waals surface area (Å²) in [4.78, 5) is 0. The number of aliphatic hydroxyl groups is 1. The Morgan fingerprint density at radius 2 is 1.82 bits per heavy atom. The minimum atomic E-state index is 0.0514. The molecule has 3 nitrogen and oxygen atoms in total. The molecule has 1 aromatic carbocycles. The fourth-order valence-electron chi connectivity index (χ4n) is 2.51. The molecule has 2 rings (SSSR count). The SMILES string of the molecule is NC1CCC(N[C@H](CO)c2ccccc2)CC1. The topological polar surface area (TPSA) is 58.3 Å². The van der Waals surface area contributed by atoms with Crippen molar-refractivity contribution in [2.75, 3.05) is 6.61 Å². The van der Waals surface area contributed by atoms with E-state index in [1.165, 1.54) is 0 Å². The lowest BCUT2D eigenvalue weighted by Crippen LogP contribution is -2.40. The number of hydrogen-bond acceptors (Lipinski definition) is 3. The summed E-state index contributed by atoms with van der Waals surface area (Å²) in [5.74, 6) is 0. The van der Waals surface area contributed by atoms with Crippen molar-refractivity contribution in [1.29, 1.82) is 0 Å². The molecule has 1 saturated carbocycles. The Hall–Kier alpha value is -0.900. The highest BCUT2D eigenvalue weighted by atomic mass is 16.3. The third-order valence-electron chi connectivity index (χ3n) is 3.59. The predicted molar refractivity (Wildman–Crippen MR) is 69.6 cm³/mol. The van der Waals surface area contributed by atoms with Gasteiger partial charge in [0, 0.05) is 12.1 Å². The molecule has 1 aliphatic carbocycles. The van der Waals surface area contributed by atoms with E-state index in [2.05, 4.69) is 17.4 Å². The highest BCUT2D eigenvalue weighted by Gasteiger charge is 2.21. The van der Waals surface area contributed by atoms with Crippen molar-refractivity contribution in [2.24, 2.45) is 5.73 Å². The lowest BCUT2D eigenvalue weighted by Gasteiger charge is -2.30. The van der Waals surface area contributed by atoms with E-state index < -0.39 is 0 Å². The van der Waals surface area contributed by atoms with E-state index in [9.17, 15) is 5.11 Å². The van der Waals surface area contributed by atoms with Gasteiger partial charge in [0.2, 0.25) is 0 Å². The second-order valence-electron chi connectivity index (χ2n) is 4.92.